The van der Waals surface area contributed by atoms with Gasteiger partial charge in [-0.2, -0.15) is 0 Å². The van der Waals surface area contributed by atoms with Crippen LogP contribution in [0.4, 0.5) is 0 Å². The molecule has 0 radical (unpaired) electrons. The molecule has 0 aromatic rings. The highest BCUT2D eigenvalue weighted by Crippen LogP contribution is 2.20. The lowest BCUT2D eigenvalue weighted by atomic mass is 9.98. The minimum absolute atomic E-state index is 0.0111. The Morgan fingerprint density at radius 1 is 1.27 bits per heavy atom. The summed E-state index contributed by atoms with van der Waals surface area (Å²) >= 11 is 0. The fourth-order valence-corrected chi connectivity index (χ4v) is 3.01. The van der Waals surface area contributed by atoms with Crippen LogP contribution in [0.2, 0.25) is 0 Å². The minimum atomic E-state index is -2.99. The zero-order valence-electron chi connectivity index (χ0n) is 8.56. The number of carbonyl (C=O) groups is 2. The maximum Gasteiger partial charge on any atom is 0.374 e. The molecule has 0 aromatic carbocycles. The summed E-state index contributed by atoms with van der Waals surface area (Å²) in [7, 11) is -2.99. The maximum atomic E-state index is 11.4. The first-order valence-electron chi connectivity index (χ1n) is 4.87. The summed E-state index contributed by atoms with van der Waals surface area (Å²) in [5, 5.41) is 0. The molecule has 1 saturated heterocycles. The third-order valence-electron chi connectivity index (χ3n) is 2.40. The normalized spacial score (nSPS) is 20.9. The van der Waals surface area contributed by atoms with Crippen LogP contribution in [0.5, 0.6) is 0 Å². The van der Waals surface area contributed by atoms with Gasteiger partial charge in [0.2, 0.25) is 5.78 Å². The highest BCUT2D eigenvalue weighted by atomic mass is 32.2. The standard InChI is InChI=1S/C9H14O5S/c1-2-14-9(11)8(10)7-3-5-15(12,13)6-4-7/h7H,2-6H2,1H3. The molecular formula is C9H14O5S. The van der Waals surface area contributed by atoms with Gasteiger partial charge in [0.15, 0.2) is 0 Å². The zero-order chi connectivity index (χ0) is 11.5. The SMILES string of the molecule is CCOC(=O)C(=O)C1CCS(=O)(=O)CC1. The topological polar surface area (TPSA) is 77.5 Å². The van der Waals surface area contributed by atoms with Crippen LogP contribution >= 0.6 is 0 Å². The van der Waals surface area contributed by atoms with E-state index in [0.29, 0.717) is 0 Å². The van der Waals surface area contributed by atoms with Gasteiger partial charge in [-0.15, -0.1) is 0 Å². The van der Waals surface area contributed by atoms with Crippen molar-refractivity contribution in [2.45, 2.75) is 19.8 Å². The summed E-state index contributed by atoms with van der Waals surface area (Å²) in [5.41, 5.74) is 0. The van der Waals surface area contributed by atoms with Crippen LogP contribution in [0.1, 0.15) is 19.8 Å². The Labute approximate surface area is 88.7 Å². The first-order valence-corrected chi connectivity index (χ1v) is 6.70. The first kappa shape index (κ1) is 12.2. The average molecular weight is 234 g/mol. The van der Waals surface area contributed by atoms with E-state index in [2.05, 4.69) is 4.74 Å². The minimum Gasteiger partial charge on any atom is -0.460 e. The molecule has 5 nitrogen and oxygen atoms in total. The van der Waals surface area contributed by atoms with Crippen LogP contribution in [0.3, 0.4) is 0 Å². The molecule has 1 aliphatic rings. The van der Waals surface area contributed by atoms with E-state index in [9.17, 15) is 18.0 Å². The molecule has 0 spiro atoms. The Morgan fingerprint density at radius 2 is 1.80 bits per heavy atom. The smallest absolute Gasteiger partial charge is 0.374 e. The molecule has 0 atom stereocenters. The molecule has 0 aromatic heterocycles. The van der Waals surface area contributed by atoms with Gasteiger partial charge in [-0.25, -0.2) is 13.2 Å². The van der Waals surface area contributed by atoms with Crippen molar-refractivity contribution in [3.8, 4) is 0 Å². The molecule has 86 valence electrons. The lowest BCUT2D eigenvalue weighted by molar-refractivity contribution is -0.155. The fraction of sp³-hybridized carbons (Fsp3) is 0.778. The molecule has 0 amide bonds. The Balaban J connectivity index is 2.53. The van der Waals surface area contributed by atoms with E-state index in [4.69, 9.17) is 0 Å². The van der Waals surface area contributed by atoms with Crippen molar-refractivity contribution in [2.75, 3.05) is 18.1 Å². The first-order chi connectivity index (χ1) is 6.96. The molecule has 6 heteroatoms. The number of hydrogen-bond donors (Lipinski definition) is 0. The third-order valence-corrected chi connectivity index (χ3v) is 4.12. The second-order valence-corrected chi connectivity index (χ2v) is 5.81. The summed E-state index contributed by atoms with van der Waals surface area (Å²) in [4.78, 5) is 22.5. The van der Waals surface area contributed by atoms with E-state index < -0.39 is 27.5 Å². The number of sulfone groups is 1. The number of ether oxygens (including phenoxy) is 1. The van der Waals surface area contributed by atoms with E-state index in [-0.39, 0.29) is 31.0 Å². The second-order valence-electron chi connectivity index (χ2n) is 3.51. The number of hydrogen-bond acceptors (Lipinski definition) is 5. The van der Waals surface area contributed by atoms with Gasteiger partial charge in [0.05, 0.1) is 18.1 Å². The summed E-state index contributed by atoms with van der Waals surface area (Å²) in [6, 6.07) is 0. The molecule has 0 aliphatic carbocycles. The predicted octanol–water partition coefficient (Wildman–Crippen LogP) is -0.0566. The van der Waals surface area contributed by atoms with Crippen molar-refractivity contribution in [2.24, 2.45) is 5.92 Å². The van der Waals surface area contributed by atoms with E-state index in [1.54, 1.807) is 6.92 Å². The van der Waals surface area contributed by atoms with Gasteiger partial charge >= 0.3 is 5.97 Å². The molecule has 0 N–H and O–H groups in total. The van der Waals surface area contributed by atoms with Gasteiger partial charge in [0, 0.05) is 5.92 Å². The Bertz CT molecular complexity index is 343. The highest BCUT2D eigenvalue weighted by Gasteiger charge is 2.32. The third kappa shape index (κ3) is 3.30. The summed E-state index contributed by atoms with van der Waals surface area (Å²) in [6.45, 7) is 1.78. The maximum absolute atomic E-state index is 11.4. The largest absolute Gasteiger partial charge is 0.460 e. The molecule has 0 unspecified atom stereocenters. The van der Waals surface area contributed by atoms with E-state index in [1.165, 1.54) is 0 Å². The molecule has 0 bridgehead atoms. The van der Waals surface area contributed by atoms with Crippen LogP contribution in [0, 0.1) is 5.92 Å². The van der Waals surface area contributed by atoms with Crippen LogP contribution in [0.15, 0.2) is 0 Å². The van der Waals surface area contributed by atoms with Crippen LogP contribution in [-0.4, -0.2) is 38.3 Å². The van der Waals surface area contributed by atoms with Crippen molar-refractivity contribution >= 4 is 21.6 Å². The van der Waals surface area contributed by atoms with E-state index in [0.717, 1.165) is 0 Å². The van der Waals surface area contributed by atoms with Crippen molar-refractivity contribution in [3.63, 3.8) is 0 Å². The quantitative estimate of drug-likeness (QED) is 0.505. The van der Waals surface area contributed by atoms with Gasteiger partial charge in [0.1, 0.15) is 9.84 Å². The number of carbonyl (C=O) groups excluding carboxylic acids is 2. The van der Waals surface area contributed by atoms with Crippen LogP contribution in [-0.2, 0) is 24.2 Å². The van der Waals surface area contributed by atoms with Crippen molar-refractivity contribution in [1.82, 2.24) is 0 Å². The molecule has 1 fully saturated rings. The number of rotatable bonds is 3. The molecule has 1 aliphatic heterocycles. The van der Waals surface area contributed by atoms with Crippen molar-refractivity contribution in [1.29, 1.82) is 0 Å². The van der Waals surface area contributed by atoms with Gasteiger partial charge in [-0.3, -0.25) is 4.79 Å². The average Bonchev–Trinajstić information content (AvgIpc) is 2.17. The van der Waals surface area contributed by atoms with Crippen LogP contribution in [0.25, 0.3) is 0 Å². The lowest BCUT2D eigenvalue weighted by Gasteiger charge is -2.19. The summed E-state index contributed by atoms with van der Waals surface area (Å²) in [6.07, 6.45) is 0.472. The monoisotopic (exact) mass is 234 g/mol. The van der Waals surface area contributed by atoms with Gasteiger partial charge in [-0.05, 0) is 19.8 Å². The van der Waals surface area contributed by atoms with Crippen molar-refractivity contribution < 1.29 is 22.7 Å². The van der Waals surface area contributed by atoms with Crippen molar-refractivity contribution in [3.05, 3.63) is 0 Å². The summed E-state index contributed by atoms with van der Waals surface area (Å²) < 4.78 is 26.7. The van der Waals surface area contributed by atoms with E-state index in [1.807, 2.05) is 0 Å². The Morgan fingerprint density at radius 3 is 2.27 bits per heavy atom. The van der Waals surface area contributed by atoms with Gasteiger partial charge in [0.25, 0.3) is 0 Å². The van der Waals surface area contributed by atoms with Crippen LogP contribution < -0.4 is 0 Å². The second kappa shape index (κ2) is 4.74. The number of esters is 1. The number of Topliss-reactive ketones (excluding diaryl/α,β-unsaturated/α-hetero) is 1. The molecule has 1 heterocycles. The summed E-state index contributed by atoms with van der Waals surface area (Å²) in [5.74, 6) is -1.94. The lowest BCUT2D eigenvalue weighted by Crippen LogP contribution is -2.33. The van der Waals surface area contributed by atoms with E-state index >= 15 is 0 Å². The predicted molar refractivity (Wildman–Crippen MR) is 53.0 cm³/mol. The van der Waals surface area contributed by atoms with Gasteiger partial charge < -0.3 is 4.74 Å². The Kier molecular flexibility index (Phi) is 3.84. The number of ketones is 1. The fourth-order valence-electron chi connectivity index (χ4n) is 1.52. The highest BCUT2D eigenvalue weighted by molar-refractivity contribution is 7.91. The molecule has 0 saturated carbocycles. The molecule has 1 rings (SSSR count). The molecule has 15 heavy (non-hydrogen) atoms. The van der Waals surface area contributed by atoms with Gasteiger partial charge in [-0.1, -0.05) is 0 Å². The Hall–Kier alpha value is -0.910. The zero-order valence-corrected chi connectivity index (χ0v) is 9.38. The molecular weight excluding hydrogens is 220 g/mol.